The molecule has 200 valence electrons. The molecule has 0 radical (unpaired) electrons. The average molecular weight is 518 g/mol. The lowest BCUT2D eigenvalue weighted by Crippen LogP contribution is -2.44. The molecule has 5 rings (SSSR count). The van der Waals surface area contributed by atoms with E-state index in [-0.39, 0.29) is 22.2 Å². The van der Waals surface area contributed by atoms with Gasteiger partial charge in [0, 0.05) is 40.8 Å². The van der Waals surface area contributed by atoms with Crippen LogP contribution in [0.1, 0.15) is 75.4 Å². The number of rotatable bonds is 10. The van der Waals surface area contributed by atoms with Crippen LogP contribution in [0.25, 0.3) is 0 Å². The quantitative estimate of drug-likeness (QED) is 0.161. The molecule has 8 nitrogen and oxygen atoms in total. The maximum absolute atomic E-state index is 13.2. The Morgan fingerprint density at radius 2 is 1.81 bits per heavy atom. The lowest BCUT2D eigenvalue weighted by Gasteiger charge is -2.36. The smallest absolute Gasteiger partial charge is 0.325 e. The number of pyridine rings is 1. The molecule has 1 atom stereocenters. The van der Waals surface area contributed by atoms with Crippen LogP contribution in [0.5, 0.6) is 0 Å². The molecule has 6 N–H and O–H groups in total. The molecule has 1 aromatic rings. The van der Waals surface area contributed by atoms with Gasteiger partial charge in [0.25, 0.3) is 5.69 Å². The second kappa shape index (κ2) is 10.4. The van der Waals surface area contributed by atoms with Crippen LogP contribution in [0.4, 0.5) is 8.78 Å². The third-order valence-corrected chi connectivity index (χ3v) is 7.81. The Balaban J connectivity index is 1.30. The maximum atomic E-state index is 13.2. The van der Waals surface area contributed by atoms with Gasteiger partial charge in [0.15, 0.2) is 0 Å². The van der Waals surface area contributed by atoms with Crippen LogP contribution in [0.2, 0.25) is 0 Å². The van der Waals surface area contributed by atoms with Crippen molar-refractivity contribution in [1.82, 2.24) is 10.6 Å². The molecule has 3 fully saturated rings. The van der Waals surface area contributed by atoms with E-state index < -0.39 is 23.9 Å². The summed E-state index contributed by atoms with van der Waals surface area (Å²) in [4.78, 5) is 0. The van der Waals surface area contributed by atoms with E-state index in [0.29, 0.717) is 35.5 Å². The number of aliphatic hydroxyl groups excluding tert-OH is 1. The second-order valence-electron chi connectivity index (χ2n) is 10.7. The Morgan fingerprint density at radius 1 is 1.11 bits per heavy atom. The van der Waals surface area contributed by atoms with Gasteiger partial charge in [-0.1, -0.05) is 0 Å². The number of nitrogens with zero attached hydrogens (tertiary/aromatic N) is 1. The van der Waals surface area contributed by atoms with Crippen molar-refractivity contribution in [2.24, 2.45) is 11.8 Å². The summed E-state index contributed by atoms with van der Waals surface area (Å²) in [5.41, 5.74) is -0.140. The van der Waals surface area contributed by atoms with E-state index in [2.05, 4.69) is 10.6 Å². The molecule has 0 aromatic carbocycles. The van der Waals surface area contributed by atoms with Crippen LogP contribution in [0, 0.1) is 17.2 Å². The fraction of sp³-hybridized carbons (Fsp3) is 0.556. The highest BCUT2D eigenvalue weighted by Crippen LogP contribution is 2.47. The van der Waals surface area contributed by atoms with Crippen molar-refractivity contribution in [2.75, 3.05) is 6.61 Å². The predicted octanol–water partition coefficient (Wildman–Crippen LogP) is 3.51. The number of nitrogens with one attached hydrogen (secondary N) is 3. The minimum absolute atomic E-state index is 0.157. The van der Waals surface area contributed by atoms with Gasteiger partial charge < -0.3 is 31.0 Å². The van der Waals surface area contributed by atoms with E-state index >= 15 is 0 Å². The number of ether oxygens (including phenoxy) is 1. The number of aliphatic hydroxyl groups is 2. The molecular formula is C27H35F2N4O4+. The molecule has 0 saturated heterocycles. The molecule has 4 aliphatic rings. The van der Waals surface area contributed by atoms with Gasteiger partial charge in [-0.05, 0) is 75.3 Å². The number of hydrogen-bond donors (Lipinski definition) is 6. The van der Waals surface area contributed by atoms with Crippen molar-refractivity contribution in [3.63, 3.8) is 0 Å². The SMILES string of the molecule is N=C1C=C(OCC2CC2)C(NC(O)c2cccc(C(F)F)[n+]2O)=C/C1=C/N[C@H]1CC[C@@](O)(C2CC2)CC1. The molecule has 0 aliphatic heterocycles. The molecule has 0 amide bonds. The Morgan fingerprint density at radius 3 is 2.46 bits per heavy atom. The zero-order chi connectivity index (χ0) is 26.2. The monoisotopic (exact) mass is 517 g/mol. The first-order chi connectivity index (χ1) is 17.7. The topological polar surface area (TPSA) is 122 Å². The summed E-state index contributed by atoms with van der Waals surface area (Å²) in [6.45, 7) is 0.484. The van der Waals surface area contributed by atoms with E-state index in [4.69, 9.17) is 10.1 Å². The number of alkyl halides is 2. The van der Waals surface area contributed by atoms with Gasteiger partial charge in [0.05, 0.1) is 23.6 Å². The Bertz CT molecular complexity index is 1120. The summed E-state index contributed by atoms with van der Waals surface area (Å²) in [5, 5.41) is 46.5. The molecule has 4 aliphatic carbocycles. The van der Waals surface area contributed by atoms with Gasteiger partial charge >= 0.3 is 12.1 Å². The Kier molecular flexibility index (Phi) is 7.22. The van der Waals surface area contributed by atoms with E-state index in [9.17, 15) is 24.2 Å². The van der Waals surface area contributed by atoms with E-state index in [1.807, 2.05) is 0 Å². The lowest BCUT2D eigenvalue weighted by atomic mass is 9.79. The standard InChI is InChI=1S/C27H35F2N4O4/c28-25(29)22-2-1-3-23(33(22)36)26(34)32-21-12-17(20(30)13-24(21)37-15-16-4-5-16)14-31-19-8-10-27(35,11-9-19)18-6-7-18/h1-3,12-14,16,18-19,25-26,30-32,34-36H,4-11,15H2/q+1/b17-14-,30-20?/t19-,26?,27-. The maximum Gasteiger partial charge on any atom is 0.325 e. The molecule has 0 spiro atoms. The van der Waals surface area contributed by atoms with E-state index in [0.717, 1.165) is 57.4 Å². The van der Waals surface area contributed by atoms with Crippen molar-refractivity contribution >= 4 is 5.71 Å². The van der Waals surface area contributed by atoms with Crippen molar-refractivity contribution in [1.29, 1.82) is 5.41 Å². The largest absolute Gasteiger partial charge is 0.491 e. The van der Waals surface area contributed by atoms with Crippen LogP contribution in [0.15, 0.2) is 53.6 Å². The first kappa shape index (κ1) is 25.7. The van der Waals surface area contributed by atoms with Gasteiger partial charge in [-0.15, -0.1) is 0 Å². The predicted molar refractivity (Wildman–Crippen MR) is 131 cm³/mol. The van der Waals surface area contributed by atoms with Crippen molar-refractivity contribution in [3.05, 3.63) is 65.0 Å². The van der Waals surface area contributed by atoms with E-state index in [1.165, 1.54) is 12.1 Å². The van der Waals surface area contributed by atoms with Crippen molar-refractivity contribution < 1.29 is 33.7 Å². The minimum Gasteiger partial charge on any atom is -0.491 e. The summed E-state index contributed by atoms with van der Waals surface area (Å²) in [6, 6.07) is 3.95. The van der Waals surface area contributed by atoms with Crippen LogP contribution < -0.4 is 15.4 Å². The number of halogens is 2. The minimum atomic E-state index is -2.91. The first-order valence-corrected chi connectivity index (χ1v) is 13.0. The Hall–Kier alpha value is -2.98. The second-order valence-corrected chi connectivity index (χ2v) is 10.7. The van der Waals surface area contributed by atoms with Crippen LogP contribution in [-0.4, -0.2) is 39.4 Å². The fourth-order valence-electron chi connectivity index (χ4n) is 5.09. The molecule has 1 unspecified atom stereocenters. The Labute approximate surface area is 214 Å². The summed E-state index contributed by atoms with van der Waals surface area (Å²) in [5.74, 6) is 1.28. The summed E-state index contributed by atoms with van der Waals surface area (Å²) >= 11 is 0. The summed E-state index contributed by atoms with van der Waals surface area (Å²) in [7, 11) is 0. The van der Waals surface area contributed by atoms with Gasteiger partial charge in [0.2, 0.25) is 6.23 Å². The van der Waals surface area contributed by atoms with Crippen molar-refractivity contribution in [3.8, 4) is 0 Å². The van der Waals surface area contributed by atoms with Gasteiger partial charge in [-0.25, -0.2) is 0 Å². The number of hydrogen-bond acceptors (Lipinski definition) is 7. The molecule has 37 heavy (non-hydrogen) atoms. The highest BCUT2D eigenvalue weighted by Gasteiger charge is 2.45. The zero-order valence-electron chi connectivity index (χ0n) is 20.7. The molecule has 0 bridgehead atoms. The summed E-state index contributed by atoms with van der Waals surface area (Å²) < 4.78 is 32.6. The first-order valence-electron chi connectivity index (χ1n) is 13.0. The molecule has 3 saturated carbocycles. The third-order valence-electron chi connectivity index (χ3n) is 7.81. The van der Waals surface area contributed by atoms with Gasteiger partial charge in [-0.2, -0.15) is 8.78 Å². The average Bonchev–Trinajstić information content (AvgIpc) is 3.77. The number of allylic oxidation sites excluding steroid dienone is 3. The van der Waals surface area contributed by atoms with Crippen LogP contribution >= 0.6 is 0 Å². The number of aromatic nitrogens is 1. The van der Waals surface area contributed by atoms with Crippen LogP contribution in [-0.2, 0) is 4.74 Å². The normalized spacial score (nSPS) is 28.1. The van der Waals surface area contributed by atoms with E-state index in [1.54, 1.807) is 18.4 Å². The summed E-state index contributed by atoms with van der Waals surface area (Å²) in [6.07, 6.45) is 8.20. The van der Waals surface area contributed by atoms with Gasteiger partial charge in [0.1, 0.15) is 5.76 Å². The molecular weight excluding hydrogens is 482 g/mol. The molecule has 1 heterocycles. The molecule has 1 aromatic heterocycles. The highest BCUT2D eigenvalue weighted by molar-refractivity contribution is 6.10. The van der Waals surface area contributed by atoms with Gasteiger partial charge in [-0.3, -0.25) is 5.21 Å². The van der Waals surface area contributed by atoms with Crippen LogP contribution in [0.3, 0.4) is 0 Å². The highest BCUT2D eigenvalue weighted by atomic mass is 19.3. The fourth-order valence-corrected chi connectivity index (χ4v) is 5.09. The molecule has 10 heteroatoms. The lowest BCUT2D eigenvalue weighted by molar-refractivity contribution is -0.918. The third kappa shape index (κ3) is 5.96. The van der Waals surface area contributed by atoms with Crippen molar-refractivity contribution in [2.45, 2.75) is 75.7 Å². The zero-order valence-corrected chi connectivity index (χ0v) is 20.7.